The van der Waals surface area contributed by atoms with E-state index in [9.17, 15) is 8.76 Å². The van der Waals surface area contributed by atoms with Gasteiger partial charge in [-0.05, 0) is 29.8 Å². The van der Waals surface area contributed by atoms with Gasteiger partial charge in [0, 0.05) is 11.1 Å². The Morgan fingerprint density at radius 3 is 2.47 bits per heavy atom. The summed E-state index contributed by atoms with van der Waals surface area (Å²) in [6, 6.07) is 8.34. The van der Waals surface area contributed by atoms with E-state index in [4.69, 9.17) is 27.7 Å². The largest absolute Gasteiger partial charge is 1.00 e. The average Bonchev–Trinajstić information content (AvgIpc) is 3.35. The summed E-state index contributed by atoms with van der Waals surface area (Å²) in [5.74, 6) is 2.30. The fourth-order valence-electron chi connectivity index (χ4n) is 2.90. The van der Waals surface area contributed by atoms with Crippen LogP contribution in [0.2, 0.25) is 0 Å². The molecule has 0 aliphatic carbocycles. The first-order valence-electron chi connectivity index (χ1n) is 7.99. The van der Waals surface area contributed by atoms with Gasteiger partial charge in [-0.1, -0.05) is 11.2 Å². The van der Waals surface area contributed by atoms with E-state index in [1.54, 1.807) is 24.3 Å². The number of nitrogens with zero attached hydrogens (tertiary/aromatic N) is 1. The Balaban J connectivity index is 0.00000160. The SMILES string of the molecule is COc1ccc(-c2cnoc2-c2cc(OC)c3c(c2)OCO3)cc1OS(=O)[O-].[Na+].[OH-]. The van der Waals surface area contributed by atoms with Crippen LogP contribution in [0.5, 0.6) is 28.7 Å². The van der Waals surface area contributed by atoms with Crippen molar-refractivity contribution < 1.29 is 71.4 Å². The Bertz CT molecular complexity index is 1060. The molecule has 1 unspecified atom stereocenters. The maximum atomic E-state index is 11.0. The van der Waals surface area contributed by atoms with E-state index < -0.39 is 11.4 Å². The molecule has 1 aliphatic heterocycles. The quantitative estimate of drug-likeness (QED) is 0.369. The van der Waals surface area contributed by atoms with Crippen molar-refractivity contribution in [3.8, 4) is 51.2 Å². The van der Waals surface area contributed by atoms with Crippen molar-refractivity contribution in [2.75, 3.05) is 21.0 Å². The number of rotatable bonds is 6. The molecule has 2 heterocycles. The summed E-state index contributed by atoms with van der Waals surface area (Å²) in [5, 5.41) is 3.88. The Hall–Kier alpha value is -2.28. The van der Waals surface area contributed by atoms with Crippen molar-refractivity contribution in [3.63, 3.8) is 0 Å². The maximum Gasteiger partial charge on any atom is 1.00 e. The summed E-state index contributed by atoms with van der Waals surface area (Å²) in [4.78, 5) is 0. The second-order valence-electron chi connectivity index (χ2n) is 5.63. The fraction of sp³-hybridized carbons (Fsp3) is 0.167. The molecular formula is C18H15NNaO9S-. The van der Waals surface area contributed by atoms with E-state index in [1.165, 1.54) is 26.5 Å². The minimum absolute atomic E-state index is 0. The second kappa shape index (κ2) is 10.2. The van der Waals surface area contributed by atoms with Crippen LogP contribution < -0.4 is 52.7 Å². The number of ether oxygens (including phenoxy) is 4. The Kier molecular flexibility index (Phi) is 8.12. The van der Waals surface area contributed by atoms with Crippen LogP contribution in [0.4, 0.5) is 0 Å². The van der Waals surface area contributed by atoms with Crippen molar-refractivity contribution in [2.24, 2.45) is 0 Å². The van der Waals surface area contributed by atoms with Crippen molar-refractivity contribution >= 4 is 11.4 Å². The minimum atomic E-state index is -2.75. The summed E-state index contributed by atoms with van der Waals surface area (Å²) < 4.78 is 53.5. The smallest absolute Gasteiger partial charge is 0.870 e. The first-order valence-corrected chi connectivity index (χ1v) is 8.99. The third-order valence-electron chi connectivity index (χ3n) is 4.12. The van der Waals surface area contributed by atoms with Gasteiger partial charge in [-0.2, -0.15) is 0 Å². The van der Waals surface area contributed by atoms with E-state index in [0.717, 1.165) is 0 Å². The molecule has 0 spiro atoms. The van der Waals surface area contributed by atoms with Gasteiger partial charge in [0.05, 0.1) is 20.4 Å². The summed E-state index contributed by atoms with van der Waals surface area (Å²) in [6.45, 7) is 0.101. The Labute approximate surface area is 196 Å². The number of hydrogen-bond donors (Lipinski definition) is 0. The third kappa shape index (κ3) is 4.56. The van der Waals surface area contributed by atoms with E-state index in [2.05, 4.69) is 5.16 Å². The van der Waals surface area contributed by atoms with Crippen molar-refractivity contribution in [1.29, 1.82) is 0 Å². The molecule has 1 aromatic heterocycles. The average molecular weight is 444 g/mol. The molecule has 1 N–H and O–H groups in total. The molecule has 0 bridgehead atoms. The van der Waals surface area contributed by atoms with Crippen LogP contribution in [0.1, 0.15) is 0 Å². The van der Waals surface area contributed by atoms with Crippen LogP contribution in [-0.4, -0.2) is 40.4 Å². The Morgan fingerprint density at radius 1 is 1.03 bits per heavy atom. The topological polar surface area (TPSA) is 142 Å². The maximum absolute atomic E-state index is 11.0. The fourth-order valence-corrected chi connectivity index (χ4v) is 3.17. The number of benzene rings is 2. The van der Waals surface area contributed by atoms with Gasteiger partial charge in [0.25, 0.3) is 0 Å². The molecule has 1 aliphatic rings. The van der Waals surface area contributed by atoms with Gasteiger partial charge in [-0.3, -0.25) is 0 Å². The zero-order chi connectivity index (χ0) is 19.7. The molecular weight excluding hydrogens is 429 g/mol. The molecule has 0 saturated heterocycles. The molecule has 0 radical (unpaired) electrons. The van der Waals surface area contributed by atoms with Crippen molar-refractivity contribution in [1.82, 2.24) is 5.16 Å². The minimum Gasteiger partial charge on any atom is -0.870 e. The summed E-state index contributed by atoms with van der Waals surface area (Å²) in [6.07, 6.45) is 1.52. The predicted molar refractivity (Wildman–Crippen MR) is 98.1 cm³/mol. The molecule has 0 fully saturated rings. The number of methoxy groups -OCH3 is 2. The van der Waals surface area contributed by atoms with E-state index in [-0.39, 0.29) is 53.3 Å². The summed E-state index contributed by atoms with van der Waals surface area (Å²) in [5.41, 5.74) is 1.89. The molecule has 154 valence electrons. The molecule has 12 heteroatoms. The standard InChI is InChI=1S/C18H15NO8S.Na.H2O/c1-22-13-4-3-10(5-14(13)27-28(20)21)12-8-19-26-17(12)11-6-15(23-2)18-16(7-11)24-9-25-18;;/h3-8H,9H2,1-2H3,(H,20,21);;1H2/q;+1;/p-2. The zero-order valence-electron chi connectivity index (χ0n) is 16.2. The first kappa shape index (κ1) is 24.0. The zero-order valence-corrected chi connectivity index (χ0v) is 19.1. The molecule has 0 amide bonds. The monoisotopic (exact) mass is 444 g/mol. The van der Waals surface area contributed by atoms with E-state index >= 15 is 0 Å². The second-order valence-corrected chi connectivity index (χ2v) is 6.21. The predicted octanol–water partition coefficient (Wildman–Crippen LogP) is -0.245. The van der Waals surface area contributed by atoms with Gasteiger partial charge >= 0.3 is 29.6 Å². The van der Waals surface area contributed by atoms with E-state index in [1.807, 2.05) is 0 Å². The molecule has 3 aromatic rings. The number of aromatic nitrogens is 1. The van der Waals surface area contributed by atoms with Gasteiger partial charge < -0.3 is 37.7 Å². The normalized spacial score (nSPS) is 12.4. The van der Waals surface area contributed by atoms with Gasteiger partial charge in [-0.15, -0.1) is 0 Å². The van der Waals surface area contributed by atoms with E-state index in [0.29, 0.717) is 39.7 Å². The van der Waals surface area contributed by atoms with Crippen LogP contribution in [0.15, 0.2) is 41.1 Å². The van der Waals surface area contributed by atoms with Crippen LogP contribution >= 0.6 is 0 Å². The van der Waals surface area contributed by atoms with Crippen molar-refractivity contribution in [2.45, 2.75) is 0 Å². The summed E-state index contributed by atoms with van der Waals surface area (Å²) in [7, 11) is 2.94. The number of fused-ring (bicyclic) bond motifs is 1. The van der Waals surface area contributed by atoms with Gasteiger partial charge in [0.2, 0.25) is 12.5 Å². The molecule has 4 rings (SSSR count). The summed E-state index contributed by atoms with van der Waals surface area (Å²) >= 11 is -2.75. The van der Waals surface area contributed by atoms with Gasteiger partial charge in [0.15, 0.2) is 28.8 Å². The first-order chi connectivity index (χ1) is 13.6. The third-order valence-corrected chi connectivity index (χ3v) is 4.44. The van der Waals surface area contributed by atoms with Gasteiger partial charge in [-0.25, -0.2) is 4.21 Å². The Morgan fingerprint density at radius 2 is 1.77 bits per heavy atom. The molecule has 0 saturated carbocycles. The molecule has 10 nitrogen and oxygen atoms in total. The molecule has 30 heavy (non-hydrogen) atoms. The van der Waals surface area contributed by atoms with Crippen LogP contribution in [0.25, 0.3) is 22.5 Å². The molecule has 1 atom stereocenters. The van der Waals surface area contributed by atoms with Crippen LogP contribution in [0.3, 0.4) is 0 Å². The molecule has 2 aromatic carbocycles. The van der Waals surface area contributed by atoms with Crippen molar-refractivity contribution in [3.05, 3.63) is 36.5 Å². The van der Waals surface area contributed by atoms with Crippen LogP contribution in [-0.2, 0) is 11.4 Å². The van der Waals surface area contributed by atoms with Crippen LogP contribution in [0, 0.1) is 0 Å². The number of hydrogen-bond acceptors (Lipinski definition) is 10. The van der Waals surface area contributed by atoms with Gasteiger partial charge in [0.1, 0.15) is 11.4 Å².